The zero-order chi connectivity index (χ0) is 45.7. The smallest absolute Gasteiger partial charge is 0.201 e. The van der Waals surface area contributed by atoms with E-state index in [0.29, 0.717) is 52.9 Å². The molecule has 0 aliphatic heterocycles. The van der Waals surface area contributed by atoms with Crippen molar-refractivity contribution in [3.8, 4) is 22.3 Å². The fraction of sp³-hybridized carbons (Fsp3) is 0.545. The molecule has 0 amide bonds. The van der Waals surface area contributed by atoms with Gasteiger partial charge in [-0.2, -0.15) is 0 Å². The van der Waals surface area contributed by atoms with Crippen LogP contribution in [0.1, 0.15) is 87.1 Å². The number of sulfone groups is 2. The quantitative estimate of drug-likeness (QED) is 0.0296. The predicted molar refractivity (Wildman–Crippen MR) is 251 cm³/mol. The number of benzene rings is 2. The van der Waals surface area contributed by atoms with E-state index in [1.165, 1.54) is 0 Å². The van der Waals surface area contributed by atoms with Gasteiger partial charge >= 0.3 is 0 Å². The second kappa shape index (κ2) is 22.8. The molecule has 0 saturated heterocycles. The van der Waals surface area contributed by atoms with E-state index in [4.69, 9.17) is 30.0 Å². The van der Waals surface area contributed by atoms with Crippen LogP contribution in [0.3, 0.4) is 0 Å². The number of fused-ring (bicyclic) bond motifs is 1. The molecule has 6 N–H and O–H groups in total. The third-order valence-electron chi connectivity index (χ3n) is 11.4. The number of aliphatic imine (C=N–C) groups is 1. The molecule has 2 aliphatic rings. The van der Waals surface area contributed by atoms with Gasteiger partial charge in [-0.15, -0.1) is 0 Å². The third-order valence-corrected chi connectivity index (χ3v) is 15.3. The minimum atomic E-state index is -3.51. The zero-order valence-electron chi connectivity index (χ0n) is 37.2. The number of aryl methyl sites for hydroxylation is 4. The Morgan fingerprint density at radius 2 is 1.30 bits per heavy atom. The maximum atomic E-state index is 13.5. The van der Waals surface area contributed by atoms with Gasteiger partial charge in [0.1, 0.15) is 17.0 Å². The number of aromatic nitrogens is 4. The van der Waals surface area contributed by atoms with Crippen molar-refractivity contribution >= 4 is 65.4 Å². The van der Waals surface area contributed by atoms with E-state index in [-0.39, 0.29) is 44.5 Å². The van der Waals surface area contributed by atoms with E-state index in [1.54, 1.807) is 39.3 Å². The number of hydrogen-bond donors (Lipinski definition) is 4. The van der Waals surface area contributed by atoms with E-state index in [1.807, 2.05) is 26.8 Å². The number of rotatable bonds is 17. The number of anilines is 3. The number of H-pyrrole nitrogens is 1. The van der Waals surface area contributed by atoms with Crippen LogP contribution in [-0.4, -0.2) is 94.3 Å². The molecule has 16 nitrogen and oxygen atoms in total. The summed E-state index contributed by atoms with van der Waals surface area (Å²) >= 11 is 4.34. The van der Waals surface area contributed by atoms with Crippen molar-refractivity contribution in [2.75, 3.05) is 68.8 Å². The number of hydrogen-bond acceptors (Lipinski definition) is 16. The highest BCUT2D eigenvalue weighted by molar-refractivity contribution is 7.92. The molecule has 0 bridgehead atoms. The number of thiocarbonyl (C=S) groups is 1. The van der Waals surface area contributed by atoms with E-state index < -0.39 is 19.7 Å². The van der Waals surface area contributed by atoms with E-state index >= 15 is 0 Å². The number of isothiocyanates is 1. The van der Waals surface area contributed by atoms with Crippen molar-refractivity contribution in [3.63, 3.8) is 0 Å². The van der Waals surface area contributed by atoms with Gasteiger partial charge in [-0.05, 0) is 126 Å². The number of methoxy groups -OCH3 is 2. The van der Waals surface area contributed by atoms with Gasteiger partial charge in [0.05, 0.1) is 61.3 Å². The molecule has 2 fully saturated rings. The molecule has 19 heteroatoms. The number of nitrogens with one attached hydrogen (secondary N) is 2. The van der Waals surface area contributed by atoms with Crippen LogP contribution in [0.4, 0.5) is 17.3 Å². The molecule has 2 aromatic carbocycles. The van der Waals surface area contributed by atoms with Crippen molar-refractivity contribution in [2.45, 2.75) is 102 Å². The lowest BCUT2D eigenvalue weighted by atomic mass is 10.0. The number of aromatic amines is 1. The fourth-order valence-electron chi connectivity index (χ4n) is 8.30. The molecule has 3 heterocycles. The zero-order valence-corrected chi connectivity index (χ0v) is 39.7. The molecule has 2 saturated carbocycles. The van der Waals surface area contributed by atoms with Crippen molar-refractivity contribution < 1.29 is 35.4 Å². The summed E-state index contributed by atoms with van der Waals surface area (Å²) in [6.45, 7) is 10.1. The highest BCUT2D eigenvalue weighted by atomic mass is 32.2. The van der Waals surface area contributed by atoms with Gasteiger partial charge in [0.2, 0.25) is 5.95 Å². The Morgan fingerprint density at radius 3 is 1.81 bits per heavy atom. The SMILES string of the molecule is COCCCN=C=S.COCCCNc1nc2c(S(=O)(=O)CC3CCCC3)cc(-c3c(C)noc3C)cc2[nH]1.Cc1noc(C)c1-c1cc(N)c(N)c(S(=O)(=O)CC2CCCC2)c1. The van der Waals surface area contributed by atoms with Gasteiger partial charge < -0.3 is 40.3 Å². The normalized spacial score (nSPS) is 14.6. The summed E-state index contributed by atoms with van der Waals surface area (Å²) in [6, 6.07) is 6.93. The summed E-state index contributed by atoms with van der Waals surface area (Å²) in [7, 11) is -3.67. The summed E-state index contributed by atoms with van der Waals surface area (Å²) in [4.78, 5) is 11.9. The minimum Gasteiger partial charge on any atom is -0.397 e. The van der Waals surface area contributed by atoms with Gasteiger partial charge in [-0.1, -0.05) is 36.0 Å². The molecule has 2 aliphatic carbocycles. The lowest BCUT2D eigenvalue weighted by Gasteiger charge is -2.15. The highest BCUT2D eigenvalue weighted by Crippen LogP contribution is 2.38. The molecular formula is C44H62N8O8S3. The first kappa shape index (κ1) is 49.4. The second-order valence-corrected chi connectivity index (χ2v) is 20.5. The van der Waals surface area contributed by atoms with E-state index in [9.17, 15) is 16.8 Å². The molecular weight excluding hydrogens is 865 g/mol. The lowest BCUT2D eigenvalue weighted by Crippen LogP contribution is -2.16. The number of ether oxygens (including phenoxy) is 2. The number of nitrogen functional groups attached to an aromatic ring is 2. The summed E-state index contributed by atoms with van der Waals surface area (Å²) in [5.41, 5.74) is 18.0. The molecule has 7 rings (SSSR count). The van der Waals surface area contributed by atoms with Gasteiger partial charge in [0.15, 0.2) is 19.7 Å². The Labute approximate surface area is 376 Å². The van der Waals surface area contributed by atoms with E-state index in [0.717, 1.165) is 99.7 Å². The number of imidazole rings is 1. The number of nitrogens with zero attached hydrogens (tertiary/aromatic N) is 4. The molecule has 63 heavy (non-hydrogen) atoms. The summed E-state index contributed by atoms with van der Waals surface area (Å²) in [5.74, 6) is 2.55. The van der Waals surface area contributed by atoms with Crippen LogP contribution in [0.25, 0.3) is 33.3 Å². The van der Waals surface area contributed by atoms with Gasteiger partial charge in [-0.3, -0.25) is 0 Å². The predicted octanol–water partition coefficient (Wildman–Crippen LogP) is 8.46. The number of nitrogens with two attached hydrogens (primary N) is 2. The Balaban J connectivity index is 0.000000207. The Hall–Kier alpha value is -4.65. The van der Waals surface area contributed by atoms with Crippen LogP contribution >= 0.6 is 12.2 Å². The first-order valence-corrected chi connectivity index (χ1v) is 25.1. The van der Waals surface area contributed by atoms with Crippen LogP contribution in [0, 0.1) is 39.5 Å². The van der Waals surface area contributed by atoms with Crippen LogP contribution in [0.2, 0.25) is 0 Å². The average molecular weight is 927 g/mol. The minimum absolute atomic E-state index is 0.115. The fourth-order valence-corrected chi connectivity index (χ4v) is 12.2. The van der Waals surface area contributed by atoms with E-state index in [2.05, 4.69) is 48.0 Å². The van der Waals surface area contributed by atoms with Crippen molar-refractivity contribution in [3.05, 3.63) is 47.2 Å². The molecule has 5 aromatic rings. The molecule has 3 aromatic heterocycles. The maximum absolute atomic E-state index is 13.5. The third kappa shape index (κ3) is 13.0. The van der Waals surface area contributed by atoms with Crippen LogP contribution in [0.15, 0.2) is 48.1 Å². The topological polar surface area (TPSA) is 244 Å². The lowest BCUT2D eigenvalue weighted by molar-refractivity contribution is 0.197. The standard InChI is InChI=1S/C22H30N4O4S.C17H23N3O3S.C5H9NOS/c1-14-20(15(2)30-26-14)17-11-18-21(25-22(24-18)23-9-6-10-29-3)19(12-17)31(27,28)13-16-7-4-5-8-16;1-10-16(11(2)23-20-10)13-7-14(18)17(19)15(8-13)24(21,22)9-12-5-3-4-6-12;1-7-4-2-3-6-5-8/h11-12,16H,4-10,13H2,1-3H3,(H2,23,24,25);7-8,12H,3-6,9,18-19H2,1-2H3;2-4H2,1H3. The van der Waals surface area contributed by atoms with Gasteiger partial charge in [-0.25, -0.2) is 26.8 Å². The van der Waals surface area contributed by atoms with Crippen LogP contribution in [0.5, 0.6) is 0 Å². The highest BCUT2D eigenvalue weighted by Gasteiger charge is 2.30. The van der Waals surface area contributed by atoms with Crippen molar-refractivity contribution in [1.82, 2.24) is 20.3 Å². The first-order chi connectivity index (χ1) is 30.1. The molecule has 0 unspecified atom stereocenters. The monoisotopic (exact) mass is 926 g/mol. The van der Waals surface area contributed by atoms with Gasteiger partial charge in [0, 0.05) is 45.1 Å². The van der Waals surface area contributed by atoms with Crippen LogP contribution in [-0.2, 0) is 29.1 Å². The van der Waals surface area contributed by atoms with Crippen molar-refractivity contribution in [2.24, 2.45) is 16.8 Å². The van der Waals surface area contributed by atoms with Crippen LogP contribution < -0.4 is 16.8 Å². The largest absolute Gasteiger partial charge is 0.397 e. The molecule has 0 radical (unpaired) electrons. The second-order valence-electron chi connectivity index (χ2n) is 16.3. The Morgan fingerprint density at radius 1 is 0.794 bits per heavy atom. The average Bonchev–Trinajstić information content (AvgIpc) is 4.11. The van der Waals surface area contributed by atoms with Crippen molar-refractivity contribution in [1.29, 1.82) is 0 Å². The Bertz CT molecular complexity index is 2530. The summed E-state index contributed by atoms with van der Waals surface area (Å²) in [5, 5.41) is 13.5. The summed E-state index contributed by atoms with van der Waals surface area (Å²) < 4.78 is 73.1. The van der Waals surface area contributed by atoms with Gasteiger partial charge in [0.25, 0.3) is 0 Å². The molecule has 0 atom stereocenters. The first-order valence-electron chi connectivity index (χ1n) is 21.4. The summed E-state index contributed by atoms with van der Waals surface area (Å²) in [6.07, 6.45) is 10.0. The maximum Gasteiger partial charge on any atom is 0.201 e. The Kier molecular flexibility index (Phi) is 17.9. The molecule has 344 valence electrons. The molecule has 0 spiro atoms.